The predicted octanol–water partition coefficient (Wildman–Crippen LogP) is 2.07. The zero-order valence-corrected chi connectivity index (χ0v) is 13.5. The van der Waals surface area contributed by atoms with Gasteiger partial charge in [0, 0.05) is 29.4 Å². The summed E-state index contributed by atoms with van der Waals surface area (Å²) in [6, 6.07) is 7.49. The normalized spacial score (nSPS) is 28.0. The molecule has 0 aliphatic heterocycles. The number of benzene rings is 1. The maximum Gasteiger partial charge on any atom is 0.229 e. The molecule has 0 unspecified atom stereocenters. The summed E-state index contributed by atoms with van der Waals surface area (Å²) in [5.41, 5.74) is 3.88. The number of allylic oxidation sites excluding steroid dienone is 4. The van der Waals surface area contributed by atoms with Crippen LogP contribution in [0.3, 0.4) is 0 Å². The van der Waals surface area contributed by atoms with Crippen LogP contribution in [0.1, 0.15) is 19.4 Å². The van der Waals surface area contributed by atoms with E-state index >= 15 is 0 Å². The highest BCUT2D eigenvalue weighted by molar-refractivity contribution is 5.97. The Bertz CT molecular complexity index is 728. The van der Waals surface area contributed by atoms with Crippen molar-refractivity contribution in [1.29, 1.82) is 0 Å². The molecule has 3 rings (SSSR count). The van der Waals surface area contributed by atoms with Gasteiger partial charge in [0.25, 0.3) is 0 Å². The zero-order chi connectivity index (χ0) is 16.7. The molecule has 0 saturated heterocycles. The van der Waals surface area contributed by atoms with E-state index in [1.165, 1.54) is 0 Å². The van der Waals surface area contributed by atoms with Crippen LogP contribution >= 0.6 is 0 Å². The topological polar surface area (TPSA) is 69.2 Å². The number of hydrogen-bond donors (Lipinski definition) is 1. The van der Waals surface area contributed by atoms with E-state index in [2.05, 4.69) is 5.32 Å². The third-order valence-electron chi connectivity index (χ3n) is 4.84. The Hall–Kier alpha value is -2.36. The van der Waals surface area contributed by atoms with Crippen LogP contribution in [0.5, 0.6) is 0 Å². The van der Waals surface area contributed by atoms with Gasteiger partial charge < -0.3 is 15.2 Å². The standard InChI is InChI=1S/C19H21NO3/c1-10(2)15-13-7-8-14(15)17(19(22)23)16(13)18(21)20-12-6-4-5-11(3)9-12/h4-9,13-14,16-17H,1-3H3,(H,20,21)(H,22,23)/p-1/t13-,14+,16+,17+/m0/s1. The maximum atomic E-state index is 12.7. The van der Waals surface area contributed by atoms with Gasteiger partial charge in [-0.25, -0.2) is 0 Å². The van der Waals surface area contributed by atoms with Crippen molar-refractivity contribution in [2.75, 3.05) is 5.32 Å². The van der Waals surface area contributed by atoms with Crippen LogP contribution in [0.2, 0.25) is 0 Å². The molecule has 1 aromatic rings. The zero-order valence-electron chi connectivity index (χ0n) is 13.5. The minimum absolute atomic E-state index is 0.141. The Kier molecular flexibility index (Phi) is 3.84. The summed E-state index contributed by atoms with van der Waals surface area (Å²) in [5.74, 6) is -3.16. The van der Waals surface area contributed by atoms with Crippen molar-refractivity contribution >= 4 is 17.6 Å². The van der Waals surface area contributed by atoms with Crippen LogP contribution in [0.4, 0.5) is 5.69 Å². The van der Waals surface area contributed by atoms with E-state index in [1.54, 1.807) is 0 Å². The number of fused-ring (bicyclic) bond motifs is 2. The first kappa shape index (κ1) is 15.5. The van der Waals surface area contributed by atoms with E-state index in [1.807, 2.05) is 57.2 Å². The Balaban J connectivity index is 1.91. The van der Waals surface area contributed by atoms with E-state index in [0.717, 1.165) is 16.7 Å². The summed E-state index contributed by atoms with van der Waals surface area (Å²) in [6.45, 7) is 5.88. The first-order chi connectivity index (χ1) is 10.9. The van der Waals surface area contributed by atoms with Crippen LogP contribution in [-0.2, 0) is 9.59 Å². The van der Waals surface area contributed by atoms with E-state index in [9.17, 15) is 14.7 Å². The highest BCUT2D eigenvalue weighted by atomic mass is 16.4. The summed E-state index contributed by atoms with van der Waals surface area (Å²) >= 11 is 0. The maximum absolute atomic E-state index is 12.7. The fourth-order valence-electron chi connectivity index (χ4n) is 3.98. The SMILES string of the molecule is CC(C)=C1[C@H]2C=C[C@@H]1[C@@H](C(=O)Nc1cccc(C)c1)[C@@H]2C(=O)[O-]. The number of carbonyl (C=O) groups is 2. The van der Waals surface area contributed by atoms with Gasteiger partial charge in [0.15, 0.2) is 0 Å². The van der Waals surface area contributed by atoms with Gasteiger partial charge >= 0.3 is 0 Å². The molecule has 2 aliphatic carbocycles. The first-order valence-electron chi connectivity index (χ1n) is 7.84. The van der Waals surface area contributed by atoms with Gasteiger partial charge in [-0.1, -0.05) is 35.4 Å². The van der Waals surface area contributed by atoms with Crippen molar-refractivity contribution in [3.63, 3.8) is 0 Å². The van der Waals surface area contributed by atoms with E-state index in [0.29, 0.717) is 5.69 Å². The molecule has 0 spiro atoms. The number of carbonyl (C=O) groups excluding carboxylic acids is 2. The first-order valence-corrected chi connectivity index (χ1v) is 7.84. The molecule has 2 aliphatic rings. The third kappa shape index (κ3) is 2.58. The fourth-order valence-corrected chi connectivity index (χ4v) is 3.98. The lowest BCUT2D eigenvalue weighted by Gasteiger charge is -2.27. The molecule has 0 radical (unpaired) electrons. The van der Waals surface area contributed by atoms with Crippen molar-refractivity contribution in [3.8, 4) is 0 Å². The molecule has 1 saturated carbocycles. The van der Waals surface area contributed by atoms with Crippen molar-refractivity contribution in [3.05, 3.63) is 53.1 Å². The Labute approximate surface area is 135 Å². The molecular formula is C19H20NO3-. The smallest absolute Gasteiger partial charge is 0.229 e. The highest BCUT2D eigenvalue weighted by Crippen LogP contribution is 2.53. The average molecular weight is 310 g/mol. The molecule has 23 heavy (non-hydrogen) atoms. The lowest BCUT2D eigenvalue weighted by Crippen LogP contribution is -2.42. The Morgan fingerprint density at radius 1 is 1.09 bits per heavy atom. The summed E-state index contributed by atoms with van der Waals surface area (Å²) < 4.78 is 0. The summed E-state index contributed by atoms with van der Waals surface area (Å²) in [6.07, 6.45) is 3.87. The number of anilines is 1. The van der Waals surface area contributed by atoms with Crippen LogP contribution in [0.25, 0.3) is 0 Å². The number of nitrogens with one attached hydrogen (secondary N) is 1. The van der Waals surface area contributed by atoms with Crippen LogP contribution in [0, 0.1) is 30.6 Å². The molecule has 0 heterocycles. The molecule has 1 amide bonds. The number of aliphatic carboxylic acids is 1. The Morgan fingerprint density at radius 2 is 1.74 bits per heavy atom. The van der Waals surface area contributed by atoms with Gasteiger partial charge in [-0.05, 0) is 38.5 Å². The molecule has 1 N–H and O–H groups in total. The summed E-state index contributed by atoms with van der Waals surface area (Å²) in [4.78, 5) is 24.4. The highest BCUT2D eigenvalue weighted by Gasteiger charge is 2.52. The lowest BCUT2D eigenvalue weighted by atomic mass is 9.82. The monoisotopic (exact) mass is 310 g/mol. The largest absolute Gasteiger partial charge is 0.550 e. The van der Waals surface area contributed by atoms with Crippen molar-refractivity contribution in [2.45, 2.75) is 20.8 Å². The quantitative estimate of drug-likeness (QED) is 0.869. The van der Waals surface area contributed by atoms with Crippen molar-refractivity contribution in [1.82, 2.24) is 0 Å². The van der Waals surface area contributed by atoms with Crippen LogP contribution in [-0.4, -0.2) is 11.9 Å². The number of carboxylic acids is 1. The minimum atomic E-state index is -1.15. The molecule has 1 aromatic carbocycles. The second-order valence-corrected chi connectivity index (χ2v) is 6.62. The molecule has 2 bridgehead atoms. The van der Waals surface area contributed by atoms with Crippen LogP contribution in [0.15, 0.2) is 47.6 Å². The van der Waals surface area contributed by atoms with Gasteiger partial charge in [-0.2, -0.15) is 0 Å². The van der Waals surface area contributed by atoms with Gasteiger partial charge in [-0.3, -0.25) is 4.79 Å². The molecular weight excluding hydrogens is 290 g/mol. The molecule has 4 atom stereocenters. The lowest BCUT2D eigenvalue weighted by molar-refractivity contribution is -0.313. The number of carboxylic acid groups (broad SMARTS) is 1. The average Bonchev–Trinajstić information content (AvgIpc) is 3.02. The number of rotatable bonds is 3. The van der Waals surface area contributed by atoms with Crippen molar-refractivity contribution < 1.29 is 14.7 Å². The molecule has 4 nitrogen and oxygen atoms in total. The third-order valence-corrected chi connectivity index (χ3v) is 4.84. The number of aryl methyl sites for hydroxylation is 1. The van der Waals surface area contributed by atoms with E-state index < -0.39 is 17.8 Å². The summed E-state index contributed by atoms with van der Waals surface area (Å²) in [5, 5.41) is 14.5. The number of amides is 1. The summed E-state index contributed by atoms with van der Waals surface area (Å²) in [7, 11) is 0. The van der Waals surface area contributed by atoms with Gasteiger partial charge in [0.2, 0.25) is 5.91 Å². The predicted molar refractivity (Wildman–Crippen MR) is 86.3 cm³/mol. The molecule has 0 aromatic heterocycles. The van der Waals surface area contributed by atoms with Gasteiger partial charge in [0.05, 0.1) is 5.92 Å². The van der Waals surface area contributed by atoms with Crippen molar-refractivity contribution in [2.24, 2.45) is 23.7 Å². The van der Waals surface area contributed by atoms with E-state index in [4.69, 9.17) is 0 Å². The van der Waals surface area contributed by atoms with Gasteiger partial charge in [0.1, 0.15) is 0 Å². The fraction of sp³-hybridized carbons (Fsp3) is 0.368. The second-order valence-electron chi connectivity index (χ2n) is 6.62. The molecule has 1 fully saturated rings. The van der Waals surface area contributed by atoms with Gasteiger partial charge in [-0.15, -0.1) is 0 Å². The minimum Gasteiger partial charge on any atom is -0.550 e. The second kappa shape index (κ2) is 5.69. The Morgan fingerprint density at radius 3 is 2.30 bits per heavy atom. The van der Waals surface area contributed by atoms with Crippen LogP contribution < -0.4 is 10.4 Å². The van der Waals surface area contributed by atoms with E-state index in [-0.39, 0.29) is 17.7 Å². The molecule has 120 valence electrons. The number of hydrogen-bond acceptors (Lipinski definition) is 3. The molecule has 4 heteroatoms.